The summed E-state index contributed by atoms with van der Waals surface area (Å²) in [6.45, 7) is 0.507. The Labute approximate surface area is 169 Å². The lowest BCUT2D eigenvalue weighted by Crippen LogP contribution is -2.27. The zero-order valence-electron chi connectivity index (χ0n) is 16.1. The van der Waals surface area contributed by atoms with Gasteiger partial charge in [-0.25, -0.2) is 9.07 Å². The lowest BCUT2D eigenvalue weighted by atomic mass is 9.86. The van der Waals surface area contributed by atoms with Crippen molar-refractivity contribution in [2.24, 2.45) is 5.92 Å². The Morgan fingerprint density at radius 3 is 2.68 bits per heavy atom. The second-order valence-electron chi connectivity index (χ2n) is 7.33. The van der Waals surface area contributed by atoms with Gasteiger partial charge in [0.25, 0.3) is 0 Å². The first-order valence-electron chi connectivity index (χ1n) is 9.95. The van der Waals surface area contributed by atoms with E-state index >= 15 is 0 Å². The molecule has 1 aromatic heterocycles. The van der Waals surface area contributed by atoms with Crippen LogP contribution in [0.2, 0.25) is 0 Å². The van der Waals surface area contributed by atoms with Crippen LogP contribution in [-0.2, 0) is 17.6 Å². The Morgan fingerprint density at radius 1 is 1.18 bits per heavy atom. The number of benzene rings is 1. The Morgan fingerprint density at radius 2 is 1.93 bits per heavy atom. The summed E-state index contributed by atoms with van der Waals surface area (Å²) in [6.07, 6.45) is 9.22. The first-order chi connectivity index (χ1) is 13.6. The summed E-state index contributed by atoms with van der Waals surface area (Å²) in [4.78, 5) is 12.0. The number of hydrogen-bond donors (Lipinski definition) is 2. The second-order valence-corrected chi connectivity index (χ2v) is 8.27. The van der Waals surface area contributed by atoms with Crippen molar-refractivity contribution >= 4 is 17.7 Å². The summed E-state index contributed by atoms with van der Waals surface area (Å²) in [6, 6.07) is 6.30. The van der Waals surface area contributed by atoms with Crippen molar-refractivity contribution in [2.75, 3.05) is 18.1 Å². The van der Waals surface area contributed by atoms with Gasteiger partial charge in [-0.2, -0.15) is 0 Å². The van der Waals surface area contributed by atoms with Gasteiger partial charge in [0.2, 0.25) is 11.1 Å². The van der Waals surface area contributed by atoms with Crippen molar-refractivity contribution in [1.82, 2.24) is 20.2 Å². The monoisotopic (exact) mass is 405 g/mol. The van der Waals surface area contributed by atoms with Crippen molar-refractivity contribution in [2.45, 2.75) is 56.5 Å². The summed E-state index contributed by atoms with van der Waals surface area (Å²) < 4.78 is 14.4. The van der Waals surface area contributed by atoms with Crippen LogP contribution < -0.4 is 11.2 Å². The molecule has 0 unspecified atom stereocenters. The van der Waals surface area contributed by atoms with Gasteiger partial charge in [-0.15, -0.1) is 10.2 Å². The second kappa shape index (κ2) is 10.5. The highest BCUT2D eigenvalue weighted by atomic mass is 32.2. The largest absolute Gasteiger partial charge is 0.355 e. The van der Waals surface area contributed by atoms with Gasteiger partial charge in [-0.1, -0.05) is 56.0 Å². The Bertz CT molecular complexity index is 758. The van der Waals surface area contributed by atoms with Gasteiger partial charge in [0, 0.05) is 13.0 Å². The van der Waals surface area contributed by atoms with E-state index < -0.39 is 0 Å². The number of nitrogens with one attached hydrogen (secondary N) is 1. The number of aromatic nitrogens is 3. The van der Waals surface area contributed by atoms with E-state index in [1.165, 1.54) is 60.7 Å². The highest BCUT2D eigenvalue weighted by molar-refractivity contribution is 7.99. The van der Waals surface area contributed by atoms with E-state index in [1.807, 2.05) is 0 Å². The lowest BCUT2D eigenvalue weighted by molar-refractivity contribution is -0.118. The highest BCUT2D eigenvalue weighted by Crippen LogP contribution is 2.27. The number of aryl methyl sites for hydroxylation is 1. The molecule has 0 radical (unpaired) electrons. The van der Waals surface area contributed by atoms with Crippen LogP contribution >= 0.6 is 11.8 Å². The summed E-state index contributed by atoms with van der Waals surface area (Å²) in [5, 5.41) is 11.7. The lowest BCUT2D eigenvalue weighted by Gasteiger charge is -2.20. The zero-order chi connectivity index (χ0) is 19.8. The molecule has 152 valence electrons. The van der Waals surface area contributed by atoms with Gasteiger partial charge in [0.15, 0.2) is 5.82 Å². The molecule has 1 heterocycles. The van der Waals surface area contributed by atoms with E-state index in [4.69, 9.17) is 5.84 Å². The molecule has 2 aromatic rings. The summed E-state index contributed by atoms with van der Waals surface area (Å²) >= 11 is 1.29. The summed E-state index contributed by atoms with van der Waals surface area (Å²) in [5.41, 5.74) is 0.985. The molecule has 1 aliphatic rings. The van der Waals surface area contributed by atoms with Gasteiger partial charge in [-0.05, 0) is 36.5 Å². The van der Waals surface area contributed by atoms with Crippen molar-refractivity contribution in [3.05, 3.63) is 41.5 Å². The third-order valence-corrected chi connectivity index (χ3v) is 6.16. The van der Waals surface area contributed by atoms with Crippen LogP contribution in [0.3, 0.4) is 0 Å². The van der Waals surface area contributed by atoms with E-state index in [9.17, 15) is 9.18 Å². The Balaban J connectivity index is 1.37. The Kier molecular flexibility index (Phi) is 7.71. The molecule has 0 aliphatic heterocycles. The molecule has 8 heteroatoms. The van der Waals surface area contributed by atoms with Gasteiger partial charge in [0.1, 0.15) is 5.82 Å². The maximum Gasteiger partial charge on any atom is 0.230 e. The number of halogens is 1. The predicted octanol–water partition coefficient (Wildman–Crippen LogP) is 3.09. The molecule has 0 bridgehead atoms. The van der Waals surface area contributed by atoms with Gasteiger partial charge < -0.3 is 11.2 Å². The van der Waals surface area contributed by atoms with Crippen LogP contribution in [0.1, 0.15) is 49.9 Å². The van der Waals surface area contributed by atoms with Crippen molar-refractivity contribution in [3.8, 4) is 0 Å². The number of nitrogens with zero attached hydrogens (tertiary/aromatic N) is 3. The van der Waals surface area contributed by atoms with Crippen molar-refractivity contribution in [1.29, 1.82) is 0 Å². The smallest absolute Gasteiger partial charge is 0.230 e. The fourth-order valence-corrected chi connectivity index (χ4v) is 4.27. The first-order valence-corrected chi connectivity index (χ1v) is 10.9. The van der Waals surface area contributed by atoms with E-state index in [0.29, 0.717) is 18.1 Å². The quantitative estimate of drug-likeness (QED) is 0.495. The molecule has 1 saturated carbocycles. The molecule has 28 heavy (non-hydrogen) atoms. The van der Waals surface area contributed by atoms with Crippen LogP contribution in [0.5, 0.6) is 0 Å². The zero-order valence-corrected chi connectivity index (χ0v) is 16.9. The highest BCUT2D eigenvalue weighted by Gasteiger charge is 2.16. The predicted molar refractivity (Wildman–Crippen MR) is 109 cm³/mol. The topological polar surface area (TPSA) is 85.8 Å². The molecule has 3 N–H and O–H groups in total. The standard InChI is InChI=1S/C20H28FN5OS/c21-17-9-6-16(7-10-17)12-13-23-19(27)14-28-20-25-24-18(26(20)22)11-8-15-4-2-1-3-5-15/h6-7,9-10,15H,1-5,8,11-14,22H2,(H,23,27). The van der Waals surface area contributed by atoms with Crippen LogP contribution in [-0.4, -0.2) is 33.1 Å². The molecule has 0 spiro atoms. The number of nitrogens with two attached hydrogens (primary N) is 1. The minimum Gasteiger partial charge on any atom is -0.355 e. The molecular formula is C20H28FN5OS. The first kappa shape index (κ1) is 20.6. The summed E-state index contributed by atoms with van der Waals surface area (Å²) in [7, 11) is 0. The Hall–Kier alpha value is -2.09. The number of hydrogen-bond acceptors (Lipinski definition) is 5. The number of nitrogen functional groups attached to an aromatic ring is 1. The van der Waals surface area contributed by atoms with Crippen LogP contribution in [0.15, 0.2) is 29.4 Å². The van der Waals surface area contributed by atoms with Gasteiger partial charge in [0.05, 0.1) is 5.75 Å². The summed E-state index contributed by atoms with van der Waals surface area (Å²) in [5.74, 6) is 7.55. The van der Waals surface area contributed by atoms with E-state index in [1.54, 1.807) is 12.1 Å². The maximum atomic E-state index is 12.9. The van der Waals surface area contributed by atoms with Crippen LogP contribution in [0, 0.1) is 11.7 Å². The normalized spacial score (nSPS) is 14.9. The van der Waals surface area contributed by atoms with Crippen molar-refractivity contribution < 1.29 is 9.18 Å². The number of carbonyl (C=O) groups excluding carboxylic acids is 1. The molecule has 0 saturated heterocycles. The van der Waals surface area contributed by atoms with E-state index in [0.717, 1.165) is 30.1 Å². The number of amides is 1. The molecule has 3 rings (SSSR count). The van der Waals surface area contributed by atoms with E-state index in [-0.39, 0.29) is 17.5 Å². The average molecular weight is 406 g/mol. The minimum absolute atomic E-state index is 0.0844. The number of thioether (sulfide) groups is 1. The van der Waals surface area contributed by atoms with Crippen molar-refractivity contribution in [3.63, 3.8) is 0 Å². The molecule has 0 atom stereocenters. The van der Waals surface area contributed by atoms with Gasteiger partial charge in [-0.3, -0.25) is 4.79 Å². The number of carbonyl (C=O) groups is 1. The fraction of sp³-hybridized carbons (Fsp3) is 0.550. The number of rotatable bonds is 9. The molecule has 1 fully saturated rings. The molecule has 1 amide bonds. The maximum absolute atomic E-state index is 12.9. The fourth-order valence-electron chi connectivity index (χ4n) is 3.56. The van der Waals surface area contributed by atoms with Crippen LogP contribution in [0.25, 0.3) is 0 Å². The third kappa shape index (κ3) is 6.22. The van der Waals surface area contributed by atoms with Gasteiger partial charge >= 0.3 is 0 Å². The minimum atomic E-state index is -0.256. The third-order valence-electron chi connectivity index (χ3n) is 5.22. The van der Waals surface area contributed by atoms with E-state index in [2.05, 4.69) is 15.5 Å². The average Bonchev–Trinajstić information content (AvgIpc) is 3.07. The molecular weight excluding hydrogens is 377 g/mol. The SMILES string of the molecule is Nn1c(CCC2CCCCC2)nnc1SCC(=O)NCCc1ccc(F)cc1. The van der Waals surface area contributed by atoms with Crippen LogP contribution in [0.4, 0.5) is 4.39 Å². The molecule has 1 aromatic carbocycles. The molecule has 6 nitrogen and oxygen atoms in total. The molecule has 1 aliphatic carbocycles.